The molecular weight excluding hydrogens is 492 g/mol. The van der Waals surface area contributed by atoms with Crippen LogP contribution in [-0.4, -0.2) is 31.1 Å². The van der Waals surface area contributed by atoms with Crippen molar-refractivity contribution in [3.8, 4) is 11.5 Å². The summed E-state index contributed by atoms with van der Waals surface area (Å²) in [5.41, 5.74) is 1.98. The Labute approximate surface area is 220 Å². The first kappa shape index (κ1) is 26.0. The Morgan fingerprint density at radius 2 is 1.59 bits per heavy atom. The molecule has 3 aromatic rings. The number of halogens is 1. The molecule has 1 aliphatic rings. The van der Waals surface area contributed by atoms with Gasteiger partial charge in [-0.25, -0.2) is 9.69 Å². The number of nitrogens with zero attached hydrogens (tertiary/aromatic N) is 1. The summed E-state index contributed by atoms with van der Waals surface area (Å²) in [6.07, 6.45) is 2.51. The maximum Gasteiger partial charge on any atom is 0.335 e. The fraction of sp³-hybridized carbons (Fsp3) is 0.207. The van der Waals surface area contributed by atoms with Crippen LogP contribution in [0.15, 0.2) is 78.4 Å². The summed E-state index contributed by atoms with van der Waals surface area (Å²) in [4.78, 5) is 38.7. The Kier molecular flexibility index (Phi) is 8.25. The molecule has 1 fully saturated rings. The molecule has 0 saturated carbocycles. The fourth-order valence-corrected chi connectivity index (χ4v) is 3.92. The van der Waals surface area contributed by atoms with Crippen LogP contribution in [0.4, 0.5) is 10.5 Å². The second kappa shape index (κ2) is 11.8. The number of hydrogen-bond acceptors (Lipinski definition) is 5. The molecule has 1 unspecified atom stereocenters. The number of imide groups is 2. The predicted molar refractivity (Wildman–Crippen MR) is 143 cm³/mol. The summed E-state index contributed by atoms with van der Waals surface area (Å²) in [5.74, 6) is 0.347. The van der Waals surface area contributed by atoms with Crippen molar-refractivity contribution < 1.29 is 23.9 Å². The number of carbonyl (C=O) groups is 3. The lowest BCUT2D eigenvalue weighted by molar-refractivity contribution is -0.122. The third kappa shape index (κ3) is 6.37. The normalized spacial score (nSPS) is 15.5. The molecule has 0 spiro atoms. The van der Waals surface area contributed by atoms with Gasteiger partial charge >= 0.3 is 6.03 Å². The highest BCUT2D eigenvalue weighted by Crippen LogP contribution is 2.25. The Morgan fingerprint density at radius 1 is 0.919 bits per heavy atom. The van der Waals surface area contributed by atoms with E-state index in [4.69, 9.17) is 21.1 Å². The number of rotatable bonds is 9. The minimum atomic E-state index is -0.818. The van der Waals surface area contributed by atoms with Crippen LogP contribution >= 0.6 is 11.6 Å². The van der Waals surface area contributed by atoms with Crippen LogP contribution in [0.1, 0.15) is 37.3 Å². The smallest absolute Gasteiger partial charge is 0.335 e. The molecule has 1 saturated heterocycles. The van der Waals surface area contributed by atoms with Crippen molar-refractivity contribution in [2.45, 2.75) is 26.2 Å². The number of benzene rings is 3. The Morgan fingerprint density at radius 3 is 2.27 bits per heavy atom. The summed E-state index contributed by atoms with van der Waals surface area (Å²) < 4.78 is 11.6. The summed E-state index contributed by atoms with van der Waals surface area (Å²) >= 11 is 5.91. The van der Waals surface area contributed by atoms with Crippen molar-refractivity contribution in [3.05, 3.63) is 94.5 Å². The number of barbiturate groups is 1. The predicted octanol–water partition coefficient (Wildman–Crippen LogP) is 5.98. The molecule has 7 nitrogen and oxygen atoms in total. The molecule has 4 amide bonds. The standard InChI is InChI=1S/C29H27ClN2O5/c1-3-19(2)21-7-13-24(14-8-21)36-15-16-37-25-6-4-5-20(17-25)18-26-27(33)31-29(35)32(28(26)34)23-11-9-22(30)10-12-23/h4-14,17-19H,3,15-16H2,1-2H3,(H,31,33,35)/b26-18+. The summed E-state index contributed by atoms with van der Waals surface area (Å²) in [7, 11) is 0. The molecule has 0 aromatic heterocycles. The highest BCUT2D eigenvalue weighted by atomic mass is 35.5. The molecule has 0 bridgehead atoms. The van der Waals surface area contributed by atoms with Crippen LogP contribution in [0.3, 0.4) is 0 Å². The van der Waals surface area contributed by atoms with Gasteiger partial charge in [0, 0.05) is 5.02 Å². The molecule has 3 aromatic carbocycles. The third-order valence-corrected chi connectivity index (χ3v) is 6.29. The first-order valence-corrected chi connectivity index (χ1v) is 12.4. The van der Waals surface area contributed by atoms with E-state index in [0.29, 0.717) is 41.2 Å². The van der Waals surface area contributed by atoms with Gasteiger partial charge in [0.2, 0.25) is 0 Å². The highest BCUT2D eigenvalue weighted by molar-refractivity contribution is 6.39. The van der Waals surface area contributed by atoms with Gasteiger partial charge in [0.25, 0.3) is 11.8 Å². The number of anilines is 1. The molecule has 37 heavy (non-hydrogen) atoms. The SMILES string of the molecule is CCC(C)c1ccc(OCCOc2cccc(/C=C3\C(=O)NC(=O)N(c4ccc(Cl)cc4)C3=O)c2)cc1. The van der Waals surface area contributed by atoms with Gasteiger partial charge in [0.15, 0.2) is 0 Å². The molecule has 0 aliphatic carbocycles. The fourth-order valence-electron chi connectivity index (χ4n) is 3.79. The molecule has 0 radical (unpaired) electrons. The molecule has 8 heteroatoms. The van der Waals surface area contributed by atoms with E-state index >= 15 is 0 Å². The zero-order chi connectivity index (χ0) is 26.4. The van der Waals surface area contributed by atoms with E-state index in [0.717, 1.165) is 17.1 Å². The van der Waals surface area contributed by atoms with Crippen molar-refractivity contribution >= 4 is 41.2 Å². The van der Waals surface area contributed by atoms with Gasteiger partial charge in [-0.2, -0.15) is 0 Å². The van der Waals surface area contributed by atoms with Gasteiger partial charge in [-0.05, 0) is 78.1 Å². The van der Waals surface area contributed by atoms with Gasteiger partial charge in [0.05, 0.1) is 5.69 Å². The van der Waals surface area contributed by atoms with Crippen molar-refractivity contribution in [1.82, 2.24) is 5.32 Å². The van der Waals surface area contributed by atoms with Gasteiger partial charge < -0.3 is 9.47 Å². The average Bonchev–Trinajstić information content (AvgIpc) is 2.90. The summed E-state index contributed by atoms with van der Waals surface area (Å²) in [6.45, 7) is 5.02. The van der Waals surface area contributed by atoms with E-state index in [9.17, 15) is 14.4 Å². The second-order valence-corrected chi connectivity index (χ2v) is 9.02. The number of nitrogens with one attached hydrogen (secondary N) is 1. The van der Waals surface area contributed by atoms with Gasteiger partial charge in [-0.15, -0.1) is 0 Å². The quantitative estimate of drug-likeness (QED) is 0.214. The molecule has 1 atom stereocenters. The van der Waals surface area contributed by atoms with Crippen LogP contribution < -0.4 is 19.7 Å². The van der Waals surface area contributed by atoms with Gasteiger partial charge in [0.1, 0.15) is 30.3 Å². The van der Waals surface area contributed by atoms with E-state index in [1.165, 1.54) is 23.8 Å². The van der Waals surface area contributed by atoms with Crippen molar-refractivity contribution in [2.75, 3.05) is 18.1 Å². The van der Waals surface area contributed by atoms with Crippen LogP contribution in [0.25, 0.3) is 6.08 Å². The lowest BCUT2D eigenvalue weighted by Crippen LogP contribution is -2.54. The number of urea groups is 1. The summed E-state index contributed by atoms with van der Waals surface area (Å²) in [5, 5.41) is 2.67. The number of ether oxygens (including phenoxy) is 2. The van der Waals surface area contributed by atoms with E-state index in [-0.39, 0.29) is 5.57 Å². The third-order valence-electron chi connectivity index (χ3n) is 6.04. The zero-order valence-corrected chi connectivity index (χ0v) is 21.3. The Bertz CT molecular complexity index is 1320. The van der Waals surface area contributed by atoms with Crippen LogP contribution in [-0.2, 0) is 9.59 Å². The van der Waals surface area contributed by atoms with E-state index in [2.05, 4.69) is 31.3 Å². The van der Waals surface area contributed by atoms with Crippen molar-refractivity contribution in [1.29, 1.82) is 0 Å². The lowest BCUT2D eigenvalue weighted by Gasteiger charge is -2.26. The maximum atomic E-state index is 13.0. The highest BCUT2D eigenvalue weighted by Gasteiger charge is 2.36. The molecule has 1 aliphatic heterocycles. The number of amides is 4. The first-order valence-electron chi connectivity index (χ1n) is 12.0. The molecule has 4 rings (SSSR count). The van der Waals surface area contributed by atoms with E-state index in [1.807, 2.05) is 12.1 Å². The largest absolute Gasteiger partial charge is 0.490 e. The lowest BCUT2D eigenvalue weighted by atomic mass is 9.99. The average molecular weight is 519 g/mol. The minimum Gasteiger partial charge on any atom is -0.490 e. The van der Waals surface area contributed by atoms with Crippen LogP contribution in [0.2, 0.25) is 5.02 Å². The van der Waals surface area contributed by atoms with Crippen LogP contribution in [0, 0.1) is 0 Å². The molecule has 1 N–H and O–H groups in total. The zero-order valence-electron chi connectivity index (χ0n) is 20.6. The van der Waals surface area contributed by atoms with Crippen molar-refractivity contribution in [3.63, 3.8) is 0 Å². The van der Waals surface area contributed by atoms with Crippen molar-refractivity contribution in [2.24, 2.45) is 0 Å². The number of hydrogen-bond donors (Lipinski definition) is 1. The molecule has 190 valence electrons. The minimum absolute atomic E-state index is 0.170. The Balaban J connectivity index is 1.39. The monoisotopic (exact) mass is 518 g/mol. The molecule has 1 heterocycles. The molecular formula is C29H27ClN2O5. The van der Waals surface area contributed by atoms with E-state index in [1.54, 1.807) is 36.4 Å². The number of carbonyl (C=O) groups excluding carboxylic acids is 3. The second-order valence-electron chi connectivity index (χ2n) is 8.58. The summed E-state index contributed by atoms with van der Waals surface area (Å²) in [6, 6.07) is 20.4. The Hall–Kier alpha value is -4.10. The van der Waals surface area contributed by atoms with Crippen LogP contribution in [0.5, 0.6) is 11.5 Å². The van der Waals surface area contributed by atoms with E-state index < -0.39 is 17.8 Å². The van der Waals surface area contributed by atoms with Gasteiger partial charge in [-0.1, -0.05) is 49.7 Å². The maximum absolute atomic E-state index is 13.0. The van der Waals surface area contributed by atoms with Gasteiger partial charge in [-0.3, -0.25) is 14.9 Å². The first-order chi connectivity index (χ1) is 17.9. The topological polar surface area (TPSA) is 84.9 Å².